The number of amides is 1. The zero-order chi connectivity index (χ0) is 20.8. The van der Waals surface area contributed by atoms with E-state index in [2.05, 4.69) is 45.5 Å². The van der Waals surface area contributed by atoms with Crippen LogP contribution in [0.2, 0.25) is 0 Å². The van der Waals surface area contributed by atoms with Gasteiger partial charge in [0.25, 0.3) is 5.91 Å². The maximum absolute atomic E-state index is 13.0. The molecule has 2 heterocycles. The van der Waals surface area contributed by atoms with Gasteiger partial charge in [-0.1, -0.05) is 42.5 Å². The summed E-state index contributed by atoms with van der Waals surface area (Å²) in [6.07, 6.45) is 1.62. The van der Waals surface area contributed by atoms with Crippen molar-refractivity contribution in [1.82, 2.24) is 14.8 Å². The van der Waals surface area contributed by atoms with Crippen molar-refractivity contribution in [2.75, 3.05) is 31.5 Å². The van der Waals surface area contributed by atoms with Gasteiger partial charge in [0.2, 0.25) is 0 Å². The van der Waals surface area contributed by atoms with Crippen molar-refractivity contribution in [1.29, 1.82) is 5.26 Å². The number of aromatic nitrogens is 1. The number of carbonyl (C=O) groups is 1. The number of hydrogen-bond acceptors (Lipinski definition) is 5. The molecular weight excluding hydrogens is 374 g/mol. The van der Waals surface area contributed by atoms with Crippen molar-refractivity contribution in [3.05, 3.63) is 89.7 Å². The molecule has 1 aromatic heterocycles. The number of anilines is 2. The van der Waals surface area contributed by atoms with Gasteiger partial charge < -0.3 is 10.2 Å². The lowest BCUT2D eigenvalue weighted by Gasteiger charge is -2.34. The summed E-state index contributed by atoms with van der Waals surface area (Å²) in [5.74, 6) is -0.0634. The van der Waals surface area contributed by atoms with E-state index in [1.165, 1.54) is 5.56 Å². The summed E-state index contributed by atoms with van der Waals surface area (Å²) in [5.41, 5.74) is 3.69. The minimum Gasteiger partial charge on any atom is -0.354 e. The third-order valence-corrected chi connectivity index (χ3v) is 5.21. The molecule has 6 heteroatoms. The van der Waals surface area contributed by atoms with E-state index in [4.69, 9.17) is 0 Å². The number of nitrogens with one attached hydrogen (secondary N) is 1. The van der Waals surface area contributed by atoms with E-state index < -0.39 is 0 Å². The maximum Gasteiger partial charge on any atom is 0.272 e. The monoisotopic (exact) mass is 397 g/mol. The molecule has 1 aliphatic rings. The number of para-hydroxylation sites is 1. The van der Waals surface area contributed by atoms with Crippen LogP contribution in [0.25, 0.3) is 0 Å². The van der Waals surface area contributed by atoms with Gasteiger partial charge in [0.15, 0.2) is 0 Å². The number of carbonyl (C=O) groups excluding carboxylic acids is 1. The van der Waals surface area contributed by atoms with Gasteiger partial charge in [-0.25, -0.2) is 0 Å². The van der Waals surface area contributed by atoms with Gasteiger partial charge in [0, 0.05) is 44.6 Å². The summed E-state index contributed by atoms with van der Waals surface area (Å²) in [4.78, 5) is 21.5. The summed E-state index contributed by atoms with van der Waals surface area (Å²) >= 11 is 0. The number of pyridine rings is 1. The van der Waals surface area contributed by atoms with E-state index in [-0.39, 0.29) is 5.91 Å². The van der Waals surface area contributed by atoms with Crippen LogP contribution in [-0.4, -0.2) is 46.9 Å². The fourth-order valence-electron chi connectivity index (χ4n) is 3.58. The lowest BCUT2D eigenvalue weighted by molar-refractivity contribution is 0.0623. The molecule has 0 unspecified atom stereocenters. The minimum atomic E-state index is -0.0634. The molecule has 30 heavy (non-hydrogen) atoms. The number of nitrogens with zero attached hydrogens (tertiary/aromatic N) is 4. The second-order valence-corrected chi connectivity index (χ2v) is 7.27. The van der Waals surface area contributed by atoms with Crippen molar-refractivity contribution in [2.24, 2.45) is 0 Å². The van der Waals surface area contributed by atoms with Crippen molar-refractivity contribution in [3.63, 3.8) is 0 Å². The average Bonchev–Trinajstić information content (AvgIpc) is 2.80. The van der Waals surface area contributed by atoms with Gasteiger partial charge in [-0.2, -0.15) is 5.26 Å². The molecule has 1 fully saturated rings. The van der Waals surface area contributed by atoms with Crippen molar-refractivity contribution >= 4 is 17.3 Å². The SMILES string of the molecule is N#Cc1ccccc1Nc1ccnc(C(=O)N2CCN(Cc3ccccc3)CC2)c1. The Bertz CT molecular complexity index is 1050. The highest BCUT2D eigenvalue weighted by atomic mass is 16.2. The summed E-state index contributed by atoms with van der Waals surface area (Å²) < 4.78 is 0. The van der Waals surface area contributed by atoms with Crippen LogP contribution in [-0.2, 0) is 6.54 Å². The summed E-state index contributed by atoms with van der Waals surface area (Å²) in [6.45, 7) is 3.95. The molecule has 1 aliphatic heterocycles. The zero-order valence-corrected chi connectivity index (χ0v) is 16.7. The first-order chi connectivity index (χ1) is 14.7. The molecule has 6 nitrogen and oxygen atoms in total. The molecule has 0 aliphatic carbocycles. The van der Waals surface area contributed by atoms with Gasteiger partial charge in [0.05, 0.1) is 11.3 Å². The third-order valence-electron chi connectivity index (χ3n) is 5.21. The highest BCUT2D eigenvalue weighted by Crippen LogP contribution is 2.21. The third kappa shape index (κ3) is 4.65. The van der Waals surface area contributed by atoms with E-state index in [9.17, 15) is 10.1 Å². The quantitative estimate of drug-likeness (QED) is 0.711. The van der Waals surface area contributed by atoms with Gasteiger partial charge in [0.1, 0.15) is 11.8 Å². The number of benzene rings is 2. The van der Waals surface area contributed by atoms with E-state index >= 15 is 0 Å². The fraction of sp³-hybridized carbons (Fsp3) is 0.208. The Balaban J connectivity index is 1.38. The normalized spacial score (nSPS) is 14.2. The topological polar surface area (TPSA) is 72.3 Å². The molecule has 0 spiro atoms. The van der Waals surface area contributed by atoms with Crippen LogP contribution in [0.5, 0.6) is 0 Å². The molecule has 0 bridgehead atoms. The van der Waals surface area contributed by atoms with E-state index in [0.717, 1.165) is 25.3 Å². The van der Waals surface area contributed by atoms with Crippen LogP contribution < -0.4 is 5.32 Å². The number of rotatable bonds is 5. The predicted octanol–water partition coefficient (Wildman–Crippen LogP) is 3.65. The Kier molecular flexibility index (Phi) is 6.02. The fourth-order valence-corrected chi connectivity index (χ4v) is 3.58. The Morgan fingerprint density at radius 2 is 1.73 bits per heavy atom. The number of nitriles is 1. The molecule has 0 radical (unpaired) electrons. The van der Waals surface area contributed by atoms with E-state index in [1.807, 2.05) is 29.2 Å². The first kappa shape index (κ1) is 19.6. The van der Waals surface area contributed by atoms with Crippen molar-refractivity contribution < 1.29 is 4.79 Å². The second-order valence-electron chi connectivity index (χ2n) is 7.27. The Morgan fingerprint density at radius 3 is 2.50 bits per heavy atom. The number of piperazine rings is 1. The molecule has 1 amide bonds. The summed E-state index contributed by atoms with van der Waals surface area (Å²) in [6, 6.07) is 23.4. The standard InChI is InChI=1S/C24H23N5O/c25-17-20-8-4-5-9-22(20)27-21-10-11-26-23(16-21)24(30)29-14-12-28(13-15-29)18-19-6-2-1-3-7-19/h1-11,16H,12-15,18H2,(H,26,27). The molecule has 150 valence electrons. The lowest BCUT2D eigenvalue weighted by atomic mass is 10.2. The van der Waals surface area contributed by atoms with E-state index in [1.54, 1.807) is 24.4 Å². The van der Waals surface area contributed by atoms with Crippen LogP contribution in [0, 0.1) is 11.3 Å². The minimum absolute atomic E-state index is 0.0634. The van der Waals surface area contributed by atoms with Gasteiger partial charge >= 0.3 is 0 Å². The molecular formula is C24H23N5O. The van der Waals surface area contributed by atoms with Gasteiger partial charge in [-0.3, -0.25) is 14.7 Å². The Hall–Kier alpha value is -3.69. The van der Waals surface area contributed by atoms with Crippen LogP contribution in [0.15, 0.2) is 72.9 Å². The lowest BCUT2D eigenvalue weighted by Crippen LogP contribution is -2.48. The van der Waals surface area contributed by atoms with Crippen LogP contribution in [0.4, 0.5) is 11.4 Å². The Morgan fingerprint density at radius 1 is 1.00 bits per heavy atom. The molecule has 2 aromatic carbocycles. The molecule has 3 aromatic rings. The average molecular weight is 397 g/mol. The first-order valence-electron chi connectivity index (χ1n) is 10.0. The molecule has 4 rings (SSSR count). The predicted molar refractivity (Wildman–Crippen MR) is 116 cm³/mol. The highest BCUT2D eigenvalue weighted by molar-refractivity contribution is 5.93. The largest absolute Gasteiger partial charge is 0.354 e. The van der Waals surface area contributed by atoms with Crippen molar-refractivity contribution in [2.45, 2.75) is 6.54 Å². The highest BCUT2D eigenvalue weighted by Gasteiger charge is 2.23. The van der Waals surface area contributed by atoms with Crippen LogP contribution >= 0.6 is 0 Å². The zero-order valence-electron chi connectivity index (χ0n) is 16.7. The smallest absolute Gasteiger partial charge is 0.272 e. The van der Waals surface area contributed by atoms with Gasteiger partial charge in [-0.05, 0) is 29.8 Å². The molecule has 0 saturated carbocycles. The summed E-state index contributed by atoms with van der Waals surface area (Å²) in [7, 11) is 0. The van der Waals surface area contributed by atoms with Crippen LogP contribution in [0.3, 0.4) is 0 Å². The molecule has 0 atom stereocenters. The first-order valence-corrected chi connectivity index (χ1v) is 10.0. The second kappa shape index (κ2) is 9.21. The van der Waals surface area contributed by atoms with Gasteiger partial charge in [-0.15, -0.1) is 0 Å². The molecule has 1 saturated heterocycles. The Labute approximate surface area is 176 Å². The van der Waals surface area contributed by atoms with Crippen LogP contribution in [0.1, 0.15) is 21.6 Å². The maximum atomic E-state index is 13.0. The van der Waals surface area contributed by atoms with E-state index in [0.29, 0.717) is 30.0 Å². The van der Waals surface area contributed by atoms with Crippen molar-refractivity contribution in [3.8, 4) is 6.07 Å². The number of hydrogen-bond donors (Lipinski definition) is 1. The summed E-state index contributed by atoms with van der Waals surface area (Å²) in [5, 5.41) is 12.5. The molecule has 1 N–H and O–H groups in total.